The lowest BCUT2D eigenvalue weighted by molar-refractivity contribution is 0.0951. The van der Waals surface area contributed by atoms with E-state index in [4.69, 9.17) is 4.74 Å². The van der Waals surface area contributed by atoms with Gasteiger partial charge in [-0.05, 0) is 48.5 Å². The predicted molar refractivity (Wildman–Crippen MR) is 107 cm³/mol. The fourth-order valence-electron chi connectivity index (χ4n) is 2.53. The number of benzene rings is 2. The van der Waals surface area contributed by atoms with E-state index in [-0.39, 0.29) is 18.0 Å². The molecule has 0 bridgehead atoms. The Labute approximate surface area is 164 Å². The molecule has 0 aliphatic heterocycles. The van der Waals surface area contributed by atoms with Gasteiger partial charge in [-0.15, -0.1) is 0 Å². The van der Waals surface area contributed by atoms with Gasteiger partial charge in [-0.2, -0.15) is 5.10 Å². The minimum Gasteiger partial charge on any atom is -0.497 e. The molecule has 6 nitrogen and oxygen atoms in total. The van der Waals surface area contributed by atoms with Gasteiger partial charge in [0.25, 0.3) is 11.5 Å². The largest absolute Gasteiger partial charge is 0.497 e. The summed E-state index contributed by atoms with van der Waals surface area (Å²) in [7, 11) is 1.61. The summed E-state index contributed by atoms with van der Waals surface area (Å²) in [5.74, 6) is 0.554. The molecule has 27 heavy (non-hydrogen) atoms. The lowest BCUT2D eigenvalue weighted by Crippen LogP contribution is -2.31. The molecule has 0 atom stereocenters. The zero-order chi connectivity index (χ0) is 19.2. The maximum atomic E-state index is 12.2. The van der Waals surface area contributed by atoms with Crippen LogP contribution in [0.25, 0.3) is 11.3 Å². The van der Waals surface area contributed by atoms with Crippen molar-refractivity contribution in [1.82, 2.24) is 15.1 Å². The van der Waals surface area contributed by atoms with Crippen LogP contribution in [0.1, 0.15) is 10.4 Å². The van der Waals surface area contributed by atoms with E-state index in [9.17, 15) is 9.59 Å². The Hall–Kier alpha value is -2.93. The highest BCUT2D eigenvalue weighted by atomic mass is 79.9. The molecule has 3 aromatic rings. The Morgan fingerprint density at radius 2 is 1.93 bits per heavy atom. The summed E-state index contributed by atoms with van der Waals surface area (Å²) in [6, 6.07) is 17.7. The second-order valence-electron chi connectivity index (χ2n) is 5.77. The van der Waals surface area contributed by atoms with Gasteiger partial charge in [0.1, 0.15) is 5.75 Å². The highest BCUT2D eigenvalue weighted by Crippen LogP contribution is 2.19. The van der Waals surface area contributed by atoms with Crippen molar-refractivity contribution in [2.45, 2.75) is 6.54 Å². The van der Waals surface area contributed by atoms with Crippen LogP contribution < -0.4 is 15.6 Å². The van der Waals surface area contributed by atoms with Crippen molar-refractivity contribution in [3.8, 4) is 17.0 Å². The third-order valence-electron chi connectivity index (χ3n) is 3.95. The first-order chi connectivity index (χ1) is 13.1. The van der Waals surface area contributed by atoms with Crippen molar-refractivity contribution >= 4 is 21.8 Å². The van der Waals surface area contributed by atoms with Gasteiger partial charge in [0.15, 0.2) is 0 Å². The SMILES string of the molecule is COc1ccc(-c2ccc(=O)n(CCNC(=O)c3cccc(Br)c3)n2)cc1. The van der Waals surface area contributed by atoms with Crippen LogP contribution in [-0.4, -0.2) is 29.3 Å². The average molecular weight is 428 g/mol. The number of rotatable bonds is 6. The van der Waals surface area contributed by atoms with Crippen molar-refractivity contribution in [2.24, 2.45) is 0 Å². The molecular formula is C20H18BrN3O3. The summed E-state index contributed by atoms with van der Waals surface area (Å²) in [4.78, 5) is 24.2. The van der Waals surface area contributed by atoms with Gasteiger partial charge in [-0.3, -0.25) is 9.59 Å². The van der Waals surface area contributed by atoms with Crippen LogP contribution in [0.4, 0.5) is 0 Å². The van der Waals surface area contributed by atoms with Crippen LogP contribution in [0.5, 0.6) is 5.75 Å². The third-order valence-corrected chi connectivity index (χ3v) is 4.44. The van der Waals surface area contributed by atoms with Crippen molar-refractivity contribution in [3.63, 3.8) is 0 Å². The lowest BCUT2D eigenvalue weighted by Gasteiger charge is -2.09. The van der Waals surface area contributed by atoms with Gasteiger partial charge >= 0.3 is 0 Å². The van der Waals surface area contributed by atoms with Crippen LogP contribution in [-0.2, 0) is 6.54 Å². The molecule has 1 heterocycles. The number of hydrogen-bond acceptors (Lipinski definition) is 4. The van der Waals surface area contributed by atoms with Gasteiger partial charge in [0.05, 0.1) is 19.3 Å². The first-order valence-electron chi connectivity index (χ1n) is 8.33. The van der Waals surface area contributed by atoms with Crippen LogP contribution in [0.15, 0.2) is 69.9 Å². The molecular weight excluding hydrogens is 410 g/mol. The molecule has 0 unspecified atom stereocenters. The minimum absolute atomic E-state index is 0.198. The van der Waals surface area contributed by atoms with E-state index in [0.29, 0.717) is 17.8 Å². The Kier molecular flexibility index (Phi) is 6.03. The summed E-state index contributed by atoms with van der Waals surface area (Å²) < 4.78 is 7.33. The van der Waals surface area contributed by atoms with Crippen LogP contribution in [0.2, 0.25) is 0 Å². The molecule has 0 spiro atoms. The molecule has 0 fully saturated rings. The standard InChI is InChI=1S/C20H18BrN3O3/c1-27-17-7-5-14(6-8-17)18-9-10-19(25)24(23-18)12-11-22-20(26)15-3-2-4-16(21)13-15/h2-10,13H,11-12H2,1H3,(H,22,26). The summed E-state index contributed by atoms with van der Waals surface area (Å²) in [5.41, 5.74) is 1.89. The second-order valence-corrected chi connectivity index (χ2v) is 6.69. The zero-order valence-electron chi connectivity index (χ0n) is 14.7. The molecule has 0 saturated heterocycles. The Morgan fingerprint density at radius 3 is 2.63 bits per heavy atom. The average Bonchev–Trinajstić information content (AvgIpc) is 2.69. The highest BCUT2D eigenvalue weighted by Gasteiger charge is 2.07. The number of ether oxygens (including phenoxy) is 1. The third kappa shape index (κ3) is 4.83. The van der Waals surface area contributed by atoms with Crippen molar-refractivity contribution in [3.05, 3.63) is 81.1 Å². The van der Waals surface area contributed by atoms with Gasteiger partial charge in [0, 0.05) is 28.2 Å². The Bertz CT molecular complexity index is 1000. The molecule has 3 rings (SSSR count). The molecule has 1 N–H and O–H groups in total. The van der Waals surface area contributed by atoms with E-state index < -0.39 is 0 Å². The van der Waals surface area contributed by atoms with E-state index in [1.54, 1.807) is 31.4 Å². The molecule has 0 radical (unpaired) electrons. The fraction of sp³-hybridized carbons (Fsp3) is 0.150. The molecule has 0 aliphatic rings. The number of amides is 1. The van der Waals surface area contributed by atoms with E-state index in [1.807, 2.05) is 30.3 Å². The normalized spacial score (nSPS) is 10.4. The second kappa shape index (κ2) is 8.64. The Morgan fingerprint density at radius 1 is 1.15 bits per heavy atom. The van der Waals surface area contributed by atoms with Crippen LogP contribution in [0.3, 0.4) is 0 Å². The quantitative estimate of drug-likeness (QED) is 0.655. The zero-order valence-corrected chi connectivity index (χ0v) is 16.3. The van der Waals surface area contributed by atoms with E-state index in [0.717, 1.165) is 15.8 Å². The van der Waals surface area contributed by atoms with Crippen LogP contribution >= 0.6 is 15.9 Å². The summed E-state index contributed by atoms with van der Waals surface area (Å²) in [6.45, 7) is 0.576. The number of carbonyl (C=O) groups is 1. The number of nitrogens with one attached hydrogen (secondary N) is 1. The smallest absolute Gasteiger partial charge is 0.266 e. The highest BCUT2D eigenvalue weighted by molar-refractivity contribution is 9.10. The minimum atomic E-state index is -0.219. The van der Waals surface area contributed by atoms with Crippen LogP contribution in [0, 0.1) is 0 Å². The van der Waals surface area contributed by atoms with Crippen molar-refractivity contribution < 1.29 is 9.53 Å². The molecule has 0 aliphatic carbocycles. The molecule has 7 heteroatoms. The van der Waals surface area contributed by atoms with Gasteiger partial charge < -0.3 is 10.1 Å². The molecule has 2 aromatic carbocycles. The number of methoxy groups -OCH3 is 1. The number of aromatic nitrogens is 2. The van der Waals surface area contributed by atoms with Gasteiger partial charge in [0.2, 0.25) is 0 Å². The molecule has 1 aromatic heterocycles. The van der Waals surface area contributed by atoms with Gasteiger partial charge in [-0.25, -0.2) is 4.68 Å². The summed E-state index contributed by atoms with van der Waals surface area (Å²) >= 11 is 3.34. The van der Waals surface area contributed by atoms with E-state index in [1.165, 1.54) is 10.7 Å². The number of carbonyl (C=O) groups excluding carboxylic acids is 1. The maximum Gasteiger partial charge on any atom is 0.266 e. The lowest BCUT2D eigenvalue weighted by atomic mass is 10.1. The molecule has 0 saturated carbocycles. The first-order valence-corrected chi connectivity index (χ1v) is 9.12. The topological polar surface area (TPSA) is 73.2 Å². The molecule has 138 valence electrons. The first kappa shape index (κ1) is 18.8. The number of halogens is 1. The number of hydrogen-bond donors (Lipinski definition) is 1. The predicted octanol–water partition coefficient (Wildman–Crippen LogP) is 3.11. The van der Waals surface area contributed by atoms with Crippen molar-refractivity contribution in [1.29, 1.82) is 0 Å². The maximum absolute atomic E-state index is 12.2. The Balaban J connectivity index is 1.67. The molecule has 1 amide bonds. The summed E-state index contributed by atoms with van der Waals surface area (Å²) in [6.07, 6.45) is 0. The fourth-order valence-corrected chi connectivity index (χ4v) is 2.93. The number of nitrogens with zero attached hydrogens (tertiary/aromatic N) is 2. The van der Waals surface area contributed by atoms with E-state index >= 15 is 0 Å². The van der Waals surface area contributed by atoms with E-state index in [2.05, 4.69) is 26.3 Å². The van der Waals surface area contributed by atoms with Gasteiger partial charge in [-0.1, -0.05) is 22.0 Å². The monoisotopic (exact) mass is 427 g/mol. The van der Waals surface area contributed by atoms with Crippen molar-refractivity contribution in [2.75, 3.05) is 13.7 Å². The summed E-state index contributed by atoms with van der Waals surface area (Å²) in [5, 5.41) is 7.19.